The molecule has 92 valence electrons. The van der Waals surface area contributed by atoms with Crippen LogP contribution in [0.2, 0.25) is 0 Å². The van der Waals surface area contributed by atoms with Crippen molar-refractivity contribution in [3.05, 3.63) is 76.7 Å². The Morgan fingerprint density at radius 1 is 1.00 bits per heavy atom. The van der Waals surface area contributed by atoms with Crippen LogP contribution < -0.4 is 0 Å². The van der Waals surface area contributed by atoms with Crippen LogP contribution in [-0.2, 0) is 17.5 Å². The van der Waals surface area contributed by atoms with E-state index in [1.165, 1.54) is 0 Å². The molecular weight excluding hydrogens is 244 g/mol. The highest BCUT2D eigenvalue weighted by Crippen LogP contribution is 2.14. The van der Waals surface area contributed by atoms with Gasteiger partial charge in [-0.2, -0.15) is 0 Å². The van der Waals surface area contributed by atoms with Gasteiger partial charge in [0.2, 0.25) is 0 Å². The summed E-state index contributed by atoms with van der Waals surface area (Å²) >= 11 is -1.94. The molecule has 3 heteroatoms. The Morgan fingerprint density at radius 2 is 1.56 bits per heavy atom. The van der Waals surface area contributed by atoms with Crippen LogP contribution in [-0.4, -0.2) is 8.76 Å². The van der Waals surface area contributed by atoms with E-state index in [9.17, 15) is 8.76 Å². The molecule has 0 saturated carbocycles. The van der Waals surface area contributed by atoms with Gasteiger partial charge < -0.3 is 4.55 Å². The maximum atomic E-state index is 11.4. The van der Waals surface area contributed by atoms with Crippen molar-refractivity contribution >= 4 is 17.2 Å². The highest BCUT2D eigenvalue weighted by Gasteiger charge is 2.06. The van der Waals surface area contributed by atoms with Gasteiger partial charge in [0, 0.05) is 11.3 Å². The van der Waals surface area contributed by atoms with Crippen LogP contribution in [0.3, 0.4) is 0 Å². The van der Waals surface area contributed by atoms with Gasteiger partial charge in [0.05, 0.1) is 0 Å². The standard InChI is InChI=1S/C15H14O2S/c16-18(17)15(11-13-7-3-1-4-8-13)12-14-9-5-2-6-10-14/h1-11H,12H2,(H,16,17). The molecule has 1 N–H and O–H groups in total. The molecule has 1 atom stereocenters. The maximum Gasteiger partial charge on any atom is 0.182 e. The molecule has 0 radical (unpaired) electrons. The molecule has 0 spiro atoms. The summed E-state index contributed by atoms with van der Waals surface area (Å²) in [5.41, 5.74) is 1.97. The molecule has 0 aromatic heterocycles. The summed E-state index contributed by atoms with van der Waals surface area (Å²) in [5, 5.41) is 0. The first kappa shape index (κ1) is 12.7. The van der Waals surface area contributed by atoms with Gasteiger partial charge in [-0.25, -0.2) is 4.21 Å². The lowest BCUT2D eigenvalue weighted by atomic mass is 10.1. The zero-order valence-corrected chi connectivity index (χ0v) is 10.6. The largest absolute Gasteiger partial charge is 0.302 e. The summed E-state index contributed by atoms with van der Waals surface area (Å²) in [7, 11) is 0. The molecule has 1 unspecified atom stereocenters. The molecule has 0 aliphatic rings. The summed E-state index contributed by atoms with van der Waals surface area (Å²) in [4.78, 5) is 0.507. The van der Waals surface area contributed by atoms with E-state index in [2.05, 4.69) is 0 Å². The van der Waals surface area contributed by atoms with Crippen LogP contribution in [0.15, 0.2) is 65.6 Å². The number of benzene rings is 2. The molecule has 0 heterocycles. The van der Waals surface area contributed by atoms with Gasteiger partial charge in [0.1, 0.15) is 0 Å². The lowest BCUT2D eigenvalue weighted by Gasteiger charge is -2.03. The van der Waals surface area contributed by atoms with Gasteiger partial charge >= 0.3 is 0 Å². The highest BCUT2D eigenvalue weighted by molar-refractivity contribution is 7.83. The van der Waals surface area contributed by atoms with Crippen molar-refractivity contribution in [2.45, 2.75) is 6.42 Å². The Morgan fingerprint density at radius 3 is 2.11 bits per heavy atom. The van der Waals surface area contributed by atoms with E-state index in [0.717, 1.165) is 11.1 Å². The molecule has 0 amide bonds. The van der Waals surface area contributed by atoms with Crippen molar-refractivity contribution in [3.8, 4) is 0 Å². The minimum Gasteiger partial charge on any atom is -0.302 e. The third-order valence-corrected chi connectivity index (χ3v) is 3.28. The van der Waals surface area contributed by atoms with Crippen molar-refractivity contribution < 1.29 is 8.76 Å². The topological polar surface area (TPSA) is 37.3 Å². The zero-order chi connectivity index (χ0) is 12.8. The van der Waals surface area contributed by atoms with Gasteiger partial charge in [0.25, 0.3) is 0 Å². The second-order valence-corrected chi connectivity index (χ2v) is 4.96. The first-order chi connectivity index (χ1) is 8.75. The fourth-order valence-electron chi connectivity index (χ4n) is 1.70. The molecule has 0 aliphatic carbocycles. The molecule has 0 bridgehead atoms. The average Bonchev–Trinajstić information content (AvgIpc) is 2.40. The minimum atomic E-state index is -1.94. The predicted octanol–water partition coefficient (Wildman–Crippen LogP) is 3.49. The second kappa shape index (κ2) is 6.28. The van der Waals surface area contributed by atoms with Crippen LogP contribution in [0.4, 0.5) is 0 Å². The fraction of sp³-hybridized carbons (Fsp3) is 0.0667. The third kappa shape index (κ3) is 3.65. The van der Waals surface area contributed by atoms with Crippen LogP contribution in [0, 0.1) is 0 Å². The monoisotopic (exact) mass is 258 g/mol. The fourth-order valence-corrected chi connectivity index (χ4v) is 2.22. The molecule has 2 aromatic carbocycles. The van der Waals surface area contributed by atoms with Gasteiger partial charge in [-0.1, -0.05) is 60.7 Å². The second-order valence-electron chi connectivity index (χ2n) is 3.93. The smallest absolute Gasteiger partial charge is 0.182 e. The zero-order valence-electron chi connectivity index (χ0n) is 9.82. The number of hydrogen-bond donors (Lipinski definition) is 1. The van der Waals surface area contributed by atoms with E-state index >= 15 is 0 Å². The molecule has 0 saturated heterocycles. The van der Waals surface area contributed by atoms with Crippen molar-refractivity contribution in [1.29, 1.82) is 0 Å². The molecule has 2 nitrogen and oxygen atoms in total. The quantitative estimate of drug-likeness (QED) is 0.852. The van der Waals surface area contributed by atoms with E-state index in [-0.39, 0.29) is 0 Å². The number of hydrogen-bond acceptors (Lipinski definition) is 1. The molecular formula is C15H14O2S. The third-order valence-electron chi connectivity index (χ3n) is 2.57. The Labute approximate surface area is 109 Å². The number of allylic oxidation sites excluding steroid dienone is 1. The minimum absolute atomic E-state index is 0.485. The predicted molar refractivity (Wildman–Crippen MR) is 75.3 cm³/mol. The first-order valence-electron chi connectivity index (χ1n) is 5.66. The van der Waals surface area contributed by atoms with E-state index in [1.54, 1.807) is 6.08 Å². The van der Waals surface area contributed by atoms with Crippen LogP contribution in [0.5, 0.6) is 0 Å². The summed E-state index contributed by atoms with van der Waals surface area (Å²) in [6, 6.07) is 19.3. The van der Waals surface area contributed by atoms with Gasteiger partial charge in [-0.15, -0.1) is 0 Å². The van der Waals surface area contributed by atoms with Gasteiger partial charge in [-0.3, -0.25) is 0 Å². The van der Waals surface area contributed by atoms with E-state index in [1.807, 2.05) is 60.7 Å². The summed E-state index contributed by atoms with van der Waals surface area (Å²) in [5.74, 6) is 0. The Hall–Kier alpha value is -1.71. The Bertz CT molecular complexity index is 547. The first-order valence-corrected chi connectivity index (χ1v) is 6.77. The Kier molecular flexibility index (Phi) is 4.45. The number of rotatable bonds is 4. The highest BCUT2D eigenvalue weighted by atomic mass is 32.2. The maximum absolute atomic E-state index is 11.4. The van der Waals surface area contributed by atoms with Gasteiger partial charge in [-0.05, 0) is 17.2 Å². The van der Waals surface area contributed by atoms with Crippen molar-refractivity contribution in [2.24, 2.45) is 0 Å². The van der Waals surface area contributed by atoms with E-state index in [0.29, 0.717) is 11.3 Å². The summed E-state index contributed by atoms with van der Waals surface area (Å²) < 4.78 is 20.7. The molecule has 2 rings (SSSR count). The molecule has 18 heavy (non-hydrogen) atoms. The van der Waals surface area contributed by atoms with Crippen molar-refractivity contribution in [2.75, 3.05) is 0 Å². The molecule has 0 fully saturated rings. The molecule has 0 aliphatic heterocycles. The lowest BCUT2D eigenvalue weighted by molar-refractivity contribution is 0.570. The van der Waals surface area contributed by atoms with Crippen molar-refractivity contribution in [3.63, 3.8) is 0 Å². The SMILES string of the molecule is O=S(O)C(=Cc1ccccc1)Cc1ccccc1. The van der Waals surface area contributed by atoms with E-state index in [4.69, 9.17) is 0 Å². The Balaban J connectivity index is 2.25. The normalized spacial score (nSPS) is 13.3. The van der Waals surface area contributed by atoms with Crippen LogP contribution >= 0.6 is 0 Å². The van der Waals surface area contributed by atoms with Gasteiger partial charge in [0.15, 0.2) is 11.1 Å². The van der Waals surface area contributed by atoms with Crippen molar-refractivity contribution in [1.82, 2.24) is 0 Å². The summed E-state index contributed by atoms with van der Waals surface area (Å²) in [6.07, 6.45) is 2.25. The average molecular weight is 258 g/mol. The lowest BCUT2D eigenvalue weighted by Crippen LogP contribution is -1.97. The van der Waals surface area contributed by atoms with Crippen LogP contribution in [0.1, 0.15) is 11.1 Å². The van der Waals surface area contributed by atoms with E-state index < -0.39 is 11.1 Å². The van der Waals surface area contributed by atoms with Crippen LogP contribution in [0.25, 0.3) is 6.08 Å². The molecule has 2 aromatic rings. The summed E-state index contributed by atoms with van der Waals surface area (Å²) in [6.45, 7) is 0.